The van der Waals surface area contributed by atoms with Gasteiger partial charge in [0.2, 0.25) is 0 Å². The molecule has 1 unspecified atom stereocenters. The number of rotatable bonds is 6. The molecule has 1 atom stereocenters. The van der Waals surface area contributed by atoms with Crippen molar-refractivity contribution in [2.45, 2.75) is 33.2 Å². The SMILES string of the molecule is CCC(C)NC(=O)c1cccc(-c2ccc3oc(-c4ccc(F)cc4)c(C(=O)NC)c3c2C)c1. The molecule has 0 saturated carbocycles. The van der Waals surface area contributed by atoms with Crippen molar-refractivity contribution in [2.75, 3.05) is 7.05 Å². The molecule has 0 saturated heterocycles. The second-order valence-corrected chi connectivity index (χ2v) is 8.37. The normalized spacial score (nSPS) is 11.9. The fourth-order valence-corrected chi connectivity index (χ4v) is 4.05. The van der Waals surface area contributed by atoms with Crippen LogP contribution in [0.5, 0.6) is 0 Å². The Morgan fingerprint density at radius 1 is 1.00 bits per heavy atom. The van der Waals surface area contributed by atoms with E-state index in [0.717, 1.165) is 23.1 Å². The van der Waals surface area contributed by atoms with Gasteiger partial charge in [-0.05, 0) is 79.4 Å². The van der Waals surface area contributed by atoms with Crippen molar-refractivity contribution in [1.82, 2.24) is 10.6 Å². The van der Waals surface area contributed by atoms with E-state index in [0.29, 0.717) is 33.4 Å². The highest BCUT2D eigenvalue weighted by Gasteiger charge is 2.24. The average molecular weight is 459 g/mol. The number of carbonyl (C=O) groups is 2. The molecule has 4 aromatic rings. The molecule has 1 aromatic heterocycles. The monoisotopic (exact) mass is 458 g/mol. The second kappa shape index (κ2) is 9.51. The van der Waals surface area contributed by atoms with Crippen LogP contribution in [-0.2, 0) is 0 Å². The van der Waals surface area contributed by atoms with E-state index in [2.05, 4.69) is 10.6 Å². The third kappa shape index (κ3) is 4.31. The third-order valence-electron chi connectivity index (χ3n) is 6.10. The van der Waals surface area contributed by atoms with E-state index >= 15 is 0 Å². The molecular weight excluding hydrogens is 431 g/mol. The molecule has 174 valence electrons. The van der Waals surface area contributed by atoms with Gasteiger partial charge in [-0.2, -0.15) is 0 Å². The van der Waals surface area contributed by atoms with Gasteiger partial charge >= 0.3 is 0 Å². The summed E-state index contributed by atoms with van der Waals surface area (Å²) in [7, 11) is 1.56. The molecule has 5 nitrogen and oxygen atoms in total. The number of benzene rings is 3. The van der Waals surface area contributed by atoms with E-state index in [9.17, 15) is 14.0 Å². The van der Waals surface area contributed by atoms with Crippen LogP contribution < -0.4 is 10.6 Å². The Hall–Kier alpha value is -3.93. The Bertz CT molecular complexity index is 1370. The van der Waals surface area contributed by atoms with Gasteiger partial charge in [0.15, 0.2) is 0 Å². The van der Waals surface area contributed by atoms with Crippen LogP contribution in [0.15, 0.2) is 65.1 Å². The molecule has 0 radical (unpaired) electrons. The highest BCUT2D eigenvalue weighted by molar-refractivity contribution is 6.13. The number of fused-ring (bicyclic) bond motifs is 1. The third-order valence-corrected chi connectivity index (χ3v) is 6.10. The van der Waals surface area contributed by atoms with Gasteiger partial charge in [-0.25, -0.2) is 4.39 Å². The van der Waals surface area contributed by atoms with Crippen molar-refractivity contribution in [3.63, 3.8) is 0 Å². The van der Waals surface area contributed by atoms with Gasteiger partial charge in [-0.3, -0.25) is 9.59 Å². The summed E-state index contributed by atoms with van der Waals surface area (Å²) >= 11 is 0. The van der Waals surface area contributed by atoms with Gasteiger partial charge in [0.1, 0.15) is 17.2 Å². The molecule has 1 heterocycles. The Balaban J connectivity index is 1.86. The molecule has 3 aromatic carbocycles. The van der Waals surface area contributed by atoms with Gasteiger partial charge in [0.05, 0.1) is 5.56 Å². The van der Waals surface area contributed by atoms with E-state index in [1.807, 2.05) is 51.1 Å². The molecule has 2 amide bonds. The minimum absolute atomic E-state index is 0.0835. The molecule has 0 aliphatic heterocycles. The number of amides is 2. The number of halogens is 1. The zero-order valence-electron chi connectivity index (χ0n) is 19.7. The van der Waals surface area contributed by atoms with E-state index in [-0.39, 0.29) is 23.7 Å². The summed E-state index contributed by atoms with van der Waals surface area (Å²) in [4.78, 5) is 25.6. The molecule has 4 rings (SSSR count). The number of hydrogen-bond acceptors (Lipinski definition) is 3. The van der Waals surface area contributed by atoms with E-state index in [1.165, 1.54) is 12.1 Å². The van der Waals surface area contributed by atoms with Crippen LogP contribution in [0.25, 0.3) is 33.4 Å². The van der Waals surface area contributed by atoms with Gasteiger partial charge in [-0.1, -0.05) is 25.1 Å². The summed E-state index contributed by atoms with van der Waals surface area (Å²) in [5.74, 6) is -0.392. The lowest BCUT2D eigenvalue weighted by atomic mass is 9.93. The summed E-state index contributed by atoms with van der Waals surface area (Å²) in [6.07, 6.45) is 0.848. The maximum atomic E-state index is 13.5. The van der Waals surface area contributed by atoms with Crippen LogP contribution in [0.3, 0.4) is 0 Å². The van der Waals surface area contributed by atoms with Crippen molar-refractivity contribution in [3.8, 4) is 22.5 Å². The largest absolute Gasteiger partial charge is 0.455 e. The van der Waals surface area contributed by atoms with Gasteiger partial charge in [0.25, 0.3) is 11.8 Å². The first-order chi connectivity index (χ1) is 16.3. The van der Waals surface area contributed by atoms with Crippen LogP contribution in [0, 0.1) is 12.7 Å². The molecule has 2 N–H and O–H groups in total. The van der Waals surface area contributed by atoms with Crippen molar-refractivity contribution in [3.05, 3.63) is 83.2 Å². The standard InChI is InChI=1S/C28H27FN2O3/c1-5-16(2)31-27(32)20-8-6-7-19(15-20)22-13-14-23-24(17(22)3)25(28(33)30-4)26(34-23)18-9-11-21(29)12-10-18/h6-16H,5H2,1-4H3,(H,30,33)(H,31,32). The highest BCUT2D eigenvalue weighted by Crippen LogP contribution is 2.39. The topological polar surface area (TPSA) is 71.3 Å². The predicted octanol–water partition coefficient (Wildman–Crippen LogP) is 6.10. The Morgan fingerprint density at radius 3 is 2.41 bits per heavy atom. The summed E-state index contributed by atoms with van der Waals surface area (Å²) in [6.45, 7) is 5.92. The van der Waals surface area contributed by atoms with Crippen molar-refractivity contribution >= 4 is 22.8 Å². The summed E-state index contributed by atoms with van der Waals surface area (Å²) in [5, 5.41) is 6.37. The van der Waals surface area contributed by atoms with Crippen LogP contribution in [0.4, 0.5) is 4.39 Å². The van der Waals surface area contributed by atoms with E-state index < -0.39 is 0 Å². The van der Waals surface area contributed by atoms with Crippen molar-refractivity contribution in [2.24, 2.45) is 0 Å². The first-order valence-corrected chi connectivity index (χ1v) is 11.3. The fraction of sp³-hybridized carbons (Fsp3) is 0.214. The number of nitrogens with one attached hydrogen (secondary N) is 2. The Morgan fingerprint density at radius 2 is 1.74 bits per heavy atom. The zero-order chi connectivity index (χ0) is 24.4. The quantitative estimate of drug-likeness (QED) is 0.367. The first-order valence-electron chi connectivity index (χ1n) is 11.3. The zero-order valence-corrected chi connectivity index (χ0v) is 19.7. The molecule has 0 aliphatic rings. The fourth-order valence-electron chi connectivity index (χ4n) is 4.05. The van der Waals surface area contributed by atoms with Crippen molar-refractivity contribution < 1.29 is 18.4 Å². The molecular formula is C28H27FN2O3. The number of carbonyl (C=O) groups excluding carboxylic acids is 2. The van der Waals surface area contributed by atoms with E-state index in [1.54, 1.807) is 25.2 Å². The maximum absolute atomic E-state index is 13.5. The van der Waals surface area contributed by atoms with Crippen LogP contribution >= 0.6 is 0 Å². The Kier molecular flexibility index (Phi) is 6.50. The molecule has 0 aliphatic carbocycles. The lowest BCUT2D eigenvalue weighted by molar-refractivity contribution is 0.0937. The number of aryl methyl sites for hydroxylation is 1. The number of hydrogen-bond donors (Lipinski definition) is 2. The molecule has 34 heavy (non-hydrogen) atoms. The second-order valence-electron chi connectivity index (χ2n) is 8.37. The first kappa shape index (κ1) is 23.2. The van der Waals surface area contributed by atoms with Gasteiger partial charge in [0, 0.05) is 29.6 Å². The summed E-state index contributed by atoms with van der Waals surface area (Å²) < 4.78 is 19.6. The maximum Gasteiger partial charge on any atom is 0.255 e. The highest BCUT2D eigenvalue weighted by atomic mass is 19.1. The van der Waals surface area contributed by atoms with Crippen LogP contribution in [0.2, 0.25) is 0 Å². The average Bonchev–Trinajstić information content (AvgIpc) is 3.24. The van der Waals surface area contributed by atoms with Gasteiger partial charge in [-0.15, -0.1) is 0 Å². The smallest absolute Gasteiger partial charge is 0.255 e. The summed E-state index contributed by atoms with van der Waals surface area (Å²) in [6, 6.07) is 17.1. The van der Waals surface area contributed by atoms with E-state index in [4.69, 9.17) is 4.42 Å². The number of furan rings is 1. The van der Waals surface area contributed by atoms with Crippen LogP contribution in [0.1, 0.15) is 46.5 Å². The van der Waals surface area contributed by atoms with Gasteiger partial charge < -0.3 is 15.1 Å². The summed E-state index contributed by atoms with van der Waals surface area (Å²) in [5.41, 5.74) is 4.75. The predicted molar refractivity (Wildman–Crippen MR) is 132 cm³/mol. The minimum atomic E-state index is -0.364. The minimum Gasteiger partial charge on any atom is -0.455 e. The lowest BCUT2D eigenvalue weighted by Gasteiger charge is -2.13. The lowest BCUT2D eigenvalue weighted by Crippen LogP contribution is -2.31. The van der Waals surface area contributed by atoms with Crippen molar-refractivity contribution in [1.29, 1.82) is 0 Å². The molecule has 0 spiro atoms. The Labute approximate surface area is 198 Å². The molecule has 0 bridgehead atoms. The molecule has 0 fully saturated rings. The van der Waals surface area contributed by atoms with Crippen LogP contribution in [-0.4, -0.2) is 24.9 Å². The molecule has 6 heteroatoms.